The van der Waals surface area contributed by atoms with Gasteiger partial charge >= 0.3 is 0 Å². The monoisotopic (exact) mass is 346 g/mol. The van der Waals surface area contributed by atoms with Gasteiger partial charge in [0, 0.05) is 46.9 Å². The number of rotatable bonds is 3. The number of nitrogens with zero attached hydrogens (tertiary/aromatic N) is 4. The van der Waals surface area contributed by atoms with Crippen LogP contribution in [0.15, 0.2) is 18.2 Å². The van der Waals surface area contributed by atoms with Gasteiger partial charge < -0.3 is 19.4 Å². The van der Waals surface area contributed by atoms with Crippen molar-refractivity contribution in [2.45, 2.75) is 25.4 Å². The van der Waals surface area contributed by atoms with Gasteiger partial charge in [0.15, 0.2) is 0 Å². The van der Waals surface area contributed by atoms with E-state index in [0.29, 0.717) is 25.4 Å². The van der Waals surface area contributed by atoms with E-state index in [4.69, 9.17) is 4.74 Å². The Morgan fingerprint density at radius 1 is 1.16 bits per heavy atom. The molecule has 3 heterocycles. The van der Waals surface area contributed by atoms with Crippen molar-refractivity contribution in [3.05, 3.63) is 23.9 Å². The van der Waals surface area contributed by atoms with Gasteiger partial charge in [0.2, 0.25) is 0 Å². The Morgan fingerprint density at radius 3 is 2.72 bits per heavy atom. The predicted octanol–water partition coefficient (Wildman–Crippen LogP) is 1.00. The average Bonchev–Trinajstić information content (AvgIpc) is 3.05. The molecule has 3 rings (SSSR count). The third-order valence-corrected chi connectivity index (χ3v) is 4.70. The average molecular weight is 346 g/mol. The Kier molecular flexibility index (Phi) is 5.53. The Morgan fingerprint density at radius 2 is 2.00 bits per heavy atom. The Bertz CT molecular complexity index is 629. The minimum absolute atomic E-state index is 0.105. The lowest BCUT2D eigenvalue weighted by Gasteiger charge is -2.24. The van der Waals surface area contributed by atoms with E-state index >= 15 is 0 Å². The van der Waals surface area contributed by atoms with E-state index in [9.17, 15) is 9.59 Å². The van der Waals surface area contributed by atoms with Gasteiger partial charge in [0.25, 0.3) is 11.8 Å². The van der Waals surface area contributed by atoms with Crippen molar-refractivity contribution in [3.63, 3.8) is 0 Å². The minimum atomic E-state index is -0.259. The fourth-order valence-corrected chi connectivity index (χ4v) is 3.29. The Balaban J connectivity index is 1.66. The number of carbonyl (C=O) groups is 2. The molecule has 1 aromatic heterocycles. The molecular weight excluding hydrogens is 320 g/mol. The number of aromatic nitrogens is 1. The predicted molar refractivity (Wildman–Crippen MR) is 94.6 cm³/mol. The zero-order valence-electron chi connectivity index (χ0n) is 15.0. The van der Waals surface area contributed by atoms with Gasteiger partial charge in [-0.3, -0.25) is 9.59 Å². The molecule has 0 bridgehead atoms. The van der Waals surface area contributed by atoms with Crippen molar-refractivity contribution in [1.82, 2.24) is 14.8 Å². The summed E-state index contributed by atoms with van der Waals surface area (Å²) in [6, 6.07) is 5.51. The summed E-state index contributed by atoms with van der Waals surface area (Å²) < 4.78 is 5.53. The fourth-order valence-electron chi connectivity index (χ4n) is 3.29. The molecule has 7 heteroatoms. The van der Waals surface area contributed by atoms with Crippen LogP contribution in [0.1, 0.15) is 29.8 Å². The molecule has 0 saturated carbocycles. The van der Waals surface area contributed by atoms with E-state index in [1.807, 2.05) is 17.0 Å². The normalized spacial score (nSPS) is 21.1. The minimum Gasteiger partial charge on any atom is -0.368 e. The molecule has 2 fully saturated rings. The standard InChI is InChI=1S/C18H26N4O3/c1-20(2)17(23)14-6-3-8-16(19-14)21-9-5-10-22(12-11-21)18(24)15-7-4-13-25-15/h3,6,8,15H,4-5,7,9-13H2,1-2H3/t15-/m1/s1. The molecule has 0 spiro atoms. The highest BCUT2D eigenvalue weighted by Gasteiger charge is 2.29. The first-order valence-electron chi connectivity index (χ1n) is 8.90. The van der Waals surface area contributed by atoms with Gasteiger partial charge in [-0.15, -0.1) is 0 Å². The maximum atomic E-state index is 12.5. The van der Waals surface area contributed by atoms with Crippen molar-refractivity contribution in [2.24, 2.45) is 0 Å². The second kappa shape index (κ2) is 7.82. The van der Waals surface area contributed by atoms with Crippen molar-refractivity contribution < 1.29 is 14.3 Å². The maximum absolute atomic E-state index is 12.5. The smallest absolute Gasteiger partial charge is 0.272 e. The van der Waals surface area contributed by atoms with E-state index < -0.39 is 0 Å². The van der Waals surface area contributed by atoms with Gasteiger partial charge in [-0.05, 0) is 31.4 Å². The Labute approximate surface area is 148 Å². The van der Waals surface area contributed by atoms with Crippen molar-refractivity contribution >= 4 is 17.6 Å². The second-order valence-electron chi connectivity index (χ2n) is 6.75. The van der Waals surface area contributed by atoms with Crippen LogP contribution in [0.3, 0.4) is 0 Å². The molecule has 25 heavy (non-hydrogen) atoms. The highest BCUT2D eigenvalue weighted by Crippen LogP contribution is 2.18. The Hall–Kier alpha value is -2.15. The summed E-state index contributed by atoms with van der Waals surface area (Å²) in [6.07, 6.45) is 2.42. The lowest BCUT2D eigenvalue weighted by molar-refractivity contribution is -0.140. The van der Waals surface area contributed by atoms with Crippen LogP contribution in [-0.2, 0) is 9.53 Å². The van der Waals surface area contributed by atoms with Crippen LogP contribution in [0.2, 0.25) is 0 Å². The zero-order chi connectivity index (χ0) is 17.8. The molecule has 2 saturated heterocycles. The van der Waals surface area contributed by atoms with E-state index in [2.05, 4.69) is 9.88 Å². The van der Waals surface area contributed by atoms with Crippen molar-refractivity contribution in [3.8, 4) is 0 Å². The quantitative estimate of drug-likeness (QED) is 0.817. The van der Waals surface area contributed by atoms with Crippen molar-refractivity contribution in [2.75, 3.05) is 51.8 Å². The van der Waals surface area contributed by atoms with E-state index in [-0.39, 0.29) is 17.9 Å². The van der Waals surface area contributed by atoms with Crippen molar-refractivity contribution in [1.29, 1.82) is 0 Å². The molecule has 136 valence electrons. The largest absolute Gasteiger partial charge is 0.368 e. The van der Waals surface area contributed by atoms with E-state index in [1.54, 1.807) is 20.2 Å². The van der Waals surface area contributed by atoms with E-state index in [0.717, 1.165) is 38.2 Å². The highest BCUT2D eigenvalue weighted by atomic mass is 16.5. The van der Waals surface area contributed by atoms with Crippen LogP contribution in [0.5, 0.6) is 0 Å². The molecule has 0 radical (unpaired) electrons. The molecular formula is C18H26N4O3. The highest BCUT2D eigenvalue weighted by molar-refractivity contribution is 5.92. The number of anilines is 1. The van der Waals surface area contributed by atoms with Crippen LogP contribution in [-0.4, -0.2) is 79.6 Å². The number of ether oxygens (including phenoxy) is 1. The third-order valence-electron chi connectivity index (χ3n) is 4.70. The molecule has 7 nitrogen and oxygen atoms in total. The number of hydrogen-bond acceptors (Lipinski definition) is 5. The number of carbonyl (C=O) groups excluding carboxylic acids is 2. The molecule has 0 aromatic carbocycles. The molecule has 1 aromatic rings. The summed E-state index contributed by atoms with van der Waals surface area (Å²) in [5, 5.41) is 0. The van der Waals surface area contributed by atoms with Gasteiger partial charge in [0.05, 0.1) is 0 Å². The van der Waals surface area contributed by atoms with Gasteiger partial charge in [-0.2, -0.15) is 0 Å². The van der Waals surface area contributed by atoms with Crippen LogP contribution >= 0.6 is 0 Å². The topological polar surface area (TPSA) is 66.0 Å². The van der Waals surface area contributed by atoms with Crippen LogP contribution < -0.4 is 4.90 Å². The lowest BCUT2D eigenvalue weighted by Crippen LogP contribution is -2.41. The first-order valence-corrected chi connectivity index (χ1v) is 8.90. The molecule has 1 atom stereocenters. The zero-order valence-corrected chi connectivity index (χ0v) is 15.0. The summed E-state index contributed by atoms with van der Waals surface area (Å²) >= 11 is 0. The summed E-state index contributed by atoms with van der Waals surface area (Å²) in [7, 11) is 3.44. The second-order valence-corrected chi connectivity index (χ2v) is 6.75. The molecule has 2 aliphatic heterocycles. The number of amides is 2. The maximum Gasteiger partial charge on any atom is 0.272 e. The number of hydrogen-bond donors (Lipinski definition) is 0. The van der Waals surface area contributed by atoms with Crippen LogP contribution in [0, 0.1) is 0 Å². The summed E-state index contributed by atoms with van der Waals surface area (Å²) in [6.45, 7) is 3.62. The van der Waals surface area contributed by atoms with Gasteiger partial charge in [-0.1, -0.05) is 6.07 Å². The van der Waals surface area contributed by atoms with Crippen LogP contribution in [0.25, 0.3) is 0 Å². The van der Waals surface area contributed by atoms with Gasteiger partial charge in [-0.25, -0.2) is 4.98 Å². The summed E-state index contributed by atoms with van der Waals surface area (Å²) in [4.78, 5) is 34.7. The SMILES string of the molecule is CN(C)C(=O)c1cccc(N2CCCN(C(=O)[C@H]3CCCO3)CC2)n1. The lowest BCUT2D eigenvalue weighted by atomic mass is 10.2. The molecule has 0 unspecified atom stereocenters. The van der Waals surface area contributed by atoms with E-state index in [1.165, 1.54) is 4.90 Å². The first kappa shape index (κ1) is 17.7. The van der Waals surface area contributed by atoms with Crippen LogP contribution in [0.4, 0.5) is 5.82 Å². The molecule has 0 aliphatic carbocycles. The summed E-state index contributed by atoms with van der Waals surface area (Å²) in [5.41, 5.74) is 0.444. The molecule has 2 amide bonds. The van der Waals surface area contributed by atoms with Gasteiger partial charge in [0.1, 0.15) is 17.6 Å². The molecule has 0 N–H and O–H groups in total. The third kappa shape index (κ3) is 4.10. The summed E-state index contributed by atoms with van der Waals surface area (Å²) in [5.74, 6) is 0.801. The number of pyridine rings is 1. The fraction of sp³-hybridized carbons (Fsp3) is 0.611. The molecule has 2 aliphatic rings. The first-order chi connectivity index (χ1) is 12.1.